The number of aryl methyl sites for hydroxylation is 1. The van der Waals surface area contributed by atoms with Gasteiger partial charge in [0.15, 0.2) is 0 Å². The Morgan fingerprint density at radius 3 is 2.76 bits per heavy atom. The summed E-state index contributed by atoms with van der Waals surface area (Å²) >= 11 is 0. The number of hydrogen-bond donors (Lipinski definition) is 1. The van der Waals surface area contributed by atoms with Crippen molar-refractivity contribution < 1.29 is 8.78 Å². The van der Waals surface area contributed by atoms with E-state index in [1.165, 1.54) is 12.1 Å². The molecule has 2 rings (SSSR count). The van der Waals surface area contributed by atoms with Gasteiger partial charge in [-0.15, -0.1) is 5.10 Å². The molecule has 4 nitrogen and oxygen atoms in total. The molecular weight excluding hydrogens is 226 g/mol. The lowest BCUT2D eigenvalue weighted by molar-refractivity contribution is 0.554. The number of halogens is 2. The summed E-state index contributed by atoms with van der Waals surface area (Å²) in [7, 11) is 1.78. The second kappa shape index (κ2) is 5.01. The summed E-state index contributed by atoms with van der Waals surface area (Å²) in [6.45, 7) is 0.859. The maximum Gasteiger partial charge on any atom is 0.130 e. The number of aromatic nitrogens is 3. The van der Waals surface area contributed by atoms with Crippen LogP contribution in [-0.4, -0.2) is 15.0 Å². The molecule has 17 heavy (non-hydrogen) atoms. The summed E-state index contributed by atoms with van der Waals surface area (Å²) in [4.78, 5) is 0. The van der Waals surface area contributed by atoms with Gasteiger partial charge in [0.2, 0.25) is 0 Å². The Hall–Kier alpha value is -1.82. The van der Waals surface area contributed by atoms with Crippen molar-refractivity contribution in [3.8, 4) is 0 Å². The predicted octanol–water partition coefficient (Wildman–Crippen LogP) is 1.38. The predicted molar refractivity (Wildman–Crippen MR) is 57.9 cm³/mol. The number of hydrogen-bond acceptors (Lipinski definition) is 3. The maximum absolute atomic E-state index is 13.3. The number of benzene rings is 1. The minimum atomic E-state index is -0.568. The fraction of sp³-hybridized carbons (Fsp3) is 0.273. The number of nitrogens with zero attached hydrogens (tertiary/aromatic N) is 3. The first-order valence-corrected chi connectivity index (χ1v) is 5.15. The van der Waals surface area contributed by atoms with E-state index in [2.05, 4.69) is 15.6 Å². The Balaban J connectivity index is 1.92. The van der Waals surface area contributed by atoms with E-state index in [9.17, 15) is 8.78 Å². The molecule has 6 heteroatoms. The standard InChI is InChI=1S/C11H12F2N4/c1-17-10(7-15-16-17)6-14-5-8-2-3-9(12)4-11(8)13/h2-4,7,14H,5-6H2,1H3. The van der Waals surface area contributed by atoms with E-state index in [1.807, 2.05) is 0 Å². The number of nitrogens with one attached hydrogen (secondary N) is 1. The van der Waals surface area contributed by atoms with Crippen molar-refractivity contribution in [2.75, 3.05) is 0 Å². The molecule has 0 fully saturated rings. The molecule has 1 N–H and O–H groups in total. The average molecular weight is 238 g/mol. The third kappa shape index (κ3) is 2.85. The van der Waals surface area contributed by atoms with Crippen molar-refractivity contribution in [1.29, 1.82) is 0 Å². The zero-order valence-corrected chi connectivity index (χ0v) is 9.32. The van der Waals surface area contributed by atoms with E-state index >= 15 is 0 Å². The highest BCUT2D eigenvalue weighted by Crippen LogP contribution is 2.09. The van der Waals surface area contributed by atoms with Crippen molar-refractivity contribution in [3.05, 3.63) is 47.3 Å². The van der Waals surface area contributed by atoms with Crippen molar-refractivity contribution in [2.45, 2.75) is 13.1 Å². The van der Waals surface area contributed by atoms with Crippen LogP contribution in [0.4, 0.5) is 8.78 Å². The van der Waals surface area contributed by atoms with E-state index in [0.717, 1.165) is 11.8 Å². The van der Waals surface area contributed by atoms with Crippen LogP contribution in [0.5, 0.6) is 0 Å². The zero-order chi connectivity index (χ0) is 12.3. The fourth-order valence-corrected chi connectivity index (χ4v) is 1.46. The molecule has 0 bridgehead atoms. The SMILES string of the molecule is Cn1nncc1CNCc1ccc(F)cc1F. The van der Waals surface area contributed by atoms with E-state index in [0.29, 0.717) is 18.7 Å². The molecule has 0 radical (unpaired) electrons. The minimum Gasteiger partial charge on any atom is -0.307 e. The number of rotatable bonds is 4. The highest BCUT2D eigenvalue weighted by Gasteiger charge is 2.04. The molecular formula is C11H12F2N4. The van der Waals surface area contributed by atoms with Crippen LogP contribution in [0.3, 0.4) is 0 Å². The van der Waals surface area contributed by atoms with Gasteiger partial charge < -0.3 is 5.32 Å². The van der Waals surface area contributed by atoms with Gasteiger partial charge >= 0.3 is 0 Å². The molecule has 2 aromatic rings. The summed E-state index contributed by atoms with van der Waals surface area (Å²) < 4.78 is 27.6. The zero-order valence-electron chi connectivity index (χ0n) is 9.32. The first-order valence-electron chi connectivity index (χ1n) is 5.15. The largest absolute Gasteiger partial charge is 0.307 e. The van der Waals surface area contributed by atoms with Crippen LogP contribution in [-0.2, 0) is 20.1 Å². The molecule has 1 heterocycles. The molecule has 0 unspecified atom stereocenters. The molecule has 1 aromatic heterocycles. The van der Waals surface area contributed by atoms with E-state index in [1.54, 1.807) is 17.9 Å². The van der Waals surface area contributed by atoms with Gasteiger partial charge in [0.05, 0.1) is 11.9 Å². The van der Waals surface area contributed by atoms with Crippen molar-refractivity contribution >= 4 is 0 Å². The summed E-state index contributed by atoms with van der Waals surface area (Å²) in [5, 5.41) is 10.5. The van der Waals surface area contributed by atoms with Crippen LogP contribution in [0, 0.1) is 11.6 Å². The van der Waals surface area contributed by atoms with Crippen LogP contribution in [0.2, 0.25) is 0 Å². The van der Waals surface area contributed by atoms with Crippen LogP contribution < -0.4 is 5.32 Å². The monoisotopic (exact) mass is 238 g/mol. The first-order chi connectivity index (χ1) is 8.16. The van der Waals surface area contributed by atoms with Crippen molar-refractivity contribution in [1.82, 2.24) is 20.3 Å². The van der Waals surface area contributed by atoms with Gasteiger partial charge in [0.25, 0.3) is 0 Å². The van der Waals surface area contributed by atoms with Crippen LogP contribution in [0.1, 0.15) is 11.3 Å². The molecule has 0 saturated heterocycles. The lowest BCUT2D eigenvalue weighted by Crippen LogP contribution is -2.16. The summed E-state index contributed by atoms with van der Waals surface area (Å²) in [6, 6.07) is 3.55. The smallest absolute Gasteiger partial charge is 0.130 e. The second-order valence-corrected chi connectivity index (χ2v) is 3.69. The highest BCUT2D eigenvalue weighted by atomic mass is 19.1. The fourth-order valence-electron chi connectivity index (χ4n) is 1.46. The van der Waals surface area contributed by atoms with Crippen LogP contribution in [0.25, 0.3) is 0 Å². The first kappa shape index (κ1) is 11.7. The molecule has 0 aliphatic heterocycles. The Bertz CT molecular complexity index is 510. The van der Waals surface area contributed by atoms with Gasteiger partial charge in [-0.1, -0.05) is 11.3 Å². The van der Waals surface area contributed by atoms with Gasteiger partial charge in [0, 0.05) is 31.8 Å². The molecule has 0 aliphatic carbocycles. The lowest BCUT2D eigenvalue weighted by atomic mass is 10.2. The van der Waals surface area contributed by atoms with Crippen molar-refractivity contribution in [3.63, 3.8) is 0 Å². The summed E-state index contributed by atoms with van der Waals surface area (Å²) in [6.07, 6.45) is 1.63. The van der Waals surface area contributed by atoms with Gasteiger partial charge in [-0.2, -0.15) is 0 Å². The molecule has 0 aliphatic rings. The second-order valence-electron chi connectivity index (χ2n) is 3.69. The summed E-state index contributed by atoms with van der Waals surface area (Å²) in [5.41, 5.74) is 1.33. The molecule has 0 amide bonds. The molecule has 0 saturated carbocycles. The quantitative estimate of drug-likeness (QED) is 0.875. The van der Waals surface area contributed by atoms with E-state index < -0.39 is 11.6 Å². The normalized spacial score (nSPS) is 10.8. The Kier molecular flexibility index (Phi) is 3.43. The van der Waals surface area contributed by atoms with Gasteiger partial charge in [-0.3, -0.25) is 4.68 Å². The Morgan fingerprint density at radius 2 is 2.12 bits per heavy atom. The van der Waals surface area contributed by atoms with Crippen LogP contribution >= 0.6 is 0 Å². The molecule has 0 atom stereocenters. The minimum absolute atomic E-state index is 0.331. The maximum atomic E-state index is 13.3. The highest BCUT2D eigenvalue weighted by molar-refractivity contribution is 5.18. The van der Waals surface area contributed by atoms with E-state index in [4.69, 9.17) is 0 Å². The molecule has 90 valence electrons. The van der Waals surface area contributed by atoms with Crippen LogP contribution in [0.15, 0.2) is 24.4 Å². The Morgan fingerprint density at radius 1 is 1.29 bits per heavy atom. The van der Waals surface area contributed by atoms with Gasteiger partial charge in [-0.05, 0) is 6.07 Å². The molecule has 0 spiro atoms. The molecule has 1 aromatic carbocycles. The lowest BCUT2D eigenvalue weighted by Gasteiger charge is -2.05. The Labute approximate surface area is 97.3 Å². The van der Waals surface area contributed by atoms with Gasteiger partial charge in [0.1, 0.15) is 11.6 Å². The third-order valence-electron chi connectivity index (χ3n) is 2.44. The van der Waals surface area contributed by atoms with Crippen molar-refractivity contribution in [2.24, 2.45) is 7.05 Å². The average Bonchev–Trinajstić information content (AvgIpc) is 2.68. The third-order valence-corrected chi connectivity index (χ3v) is 2.44. The van der Waals surface area contributed by atoms with Gasteiger partial charge in [-0.25, -0.2) is 8.78 Å². The summed E-state index contributed by atoms with van der Waals surface area (Å²) in [5.74, 6) is -1.11. The van der Waals surface area contributed by atoms with E-state index in [-0.39, 0.29) is 0 Å². The topological polar surface area (TPSA) is 42.7 Å².